The van der Waals surface area contributed by atoms with Crippen molar-refractivity contribution in [2.45, 2.75) is 31.3 Å². The van der Waals surface area contributed by atoms with Gasteiger partial charge < -0.3 is 15.3 Å². The summed E-state index contributed by atoms with van der Waals surface area (Å²) in [6.45, 7) is 2.27. The summed E-state index contributed by atoms with van der Waals surface area (Å²) >= 11 is 12.0. The number of carbonyl (C=O) groups excluding carboxylic acids is 1. The summed E-state index contributed by atoms with van der Waals surface area (Å²) in [6, 6.07) is 5.54. The molecule has 1 unspecified atom stereocenters. The van der Waals surface area contributed by atoms with E-state index in [0.717, 1.165) is 31.5 Å². The Balaban J connectivity index is 1.91. The molecule has 0 spiro atoms. The predicted octanol–water partition coefficient (Wildman–Crippen LogP) is 2.50. The SMILES string of the molecule is CNC(=O)CC1(O)CCCN(CCc2cc(Cl)cc(Cl)c2)C1. The van der Waals surface area contributed by atoms with Gasteiger partial charge in [-0.05, 0) is 49.6 Å². The quantitative estimate of drug-likeness (QED) is 0.862. The van der Waals surface area contributed by atoms with Crippen LogP contribution in [-0.4, -0.2) is 48.2 Å². The molecule has 1 heterocycles. The van der Waals surface area contributed by atoms with Gasteiger partial charge in [0.05, 0.1) is 12.0 Å². The summed E-state index contributed by atoms with van der Waals surface area (Å²) in [5.41, 5.74) is 0.155. The van der Waals surface area contributed by atoms with Gasteiger partial charge in [-0.2, -0.15) is 0 Å². The second-order valence-electron chi connectivity index (χ2n) is 5.98. The van der Waals surface area contributed by atoms with E-state index in [9.17, 15) is 9.90 Å². The summed E-state index contributed by atoms with van der Waals surface area (Å²) in [7, 11) is 1.59. The standard InChI is InChI=1S/C16H22Cl2N2O2/c1-19-15(21)10-16(22)4-2-5-20(11-16)6-3-12-7-13(17)9-14(18)8-12/h7-9,22H,2-6,10-11H2,1H3,(H,19,21). The zero-order valence-corrected chi connectivity index (χ0v) is 14.3. The van der Waals surface area contributed by atoms with Crippen molar-refractivity contribution in [1.29, 1.82) is 0 Å². The Labute approximate surface area is 141 Å². The number of β-amino-alcohol motifs (C(OH)–C–C–N with tert-alkyl or cyclic N) is 1. The first-order valence-electron chi connectivity index (χ1n) is 7.50. The first-order chi connectivity index (χ1) is 10.4. The fourth-order valence-corrected chi connectivity index (χ4v) is 3.54. The number of piperidine rings is 1. The first kappa shape index (κ1) is 17.5. The second kappa shape index (κ2) is 7.64. The van der Waals surface area contributed by atoms with E-state index in [1.54, 1.807) is 13.1 Å². The average Bonchev–Trinajstić information content (AvgIpc) is 2.43. The van der Waals surface area contributed by atoms with Crippen LogP contribution in [0.4, 0.5) is 0 Å². The Bertz CT molecular complexity index is 519. The van der Waals surface area contributed by atoms with Crippen molar-refractivity contribution in [2.75, 3.05) is 26.7 Å². The number of halogens is 2. The van der Waals surface area contributed by atoms with Crippen LogP contribution in [-0.2, 0) is 11.2 Å². The number of benzene rings is 1. The molecule has 0 aliphatic carbocycles. The number of aliphatic hydroxyl groups is 1. The molecule has 122 valence electrons. The molecule has 0 bridgehead atoms. The van der Waals surface area contributed by atoms with Crippen molar-refractivity contribution in [3.8, 4) is 0 Å². The number of nitrogens with zero attached hydrogens (tertiary/aromatic N) is 1. The maximum Gasteiger partial charge on any atom is 0.222 e. The lowest BCUT2D eigenvalue weighted by Crippen LogP contribution is -2.50. The maximum absolute atomic E-state index is 11.5. The Morgan fingerprint density at radius 2 is 2.05 bits per heavy atom. The highest BCUT2D eigenvalue weighted by Crippen LogP contribution is 2.25. The van der Waals surface area contributed by atoms with E-state index < -0.39 is 5.60 Å². The summed E-state index contributed by atoms with van der Waals surface area (Å²) in [4.78, 5) is 13.7. The van der Waals surface area contributed by atoms with Crippen molar-refractivity contribution in [1.82, 2.24) is 10.2 Å². The molecule has 1 aromatic rings. The highest BCUT2D eigenvalue weighted by Gasteiger charge is 2.34. The van der Waals surface area contributed by atoms with E-state index in [1.165, 1.54) is 0 Å². The topological polar surface area (TPSA) is 52.6 Å². The Morgan fingerprint density at radius 1 is 1.36 bits per heavy atom. The lowest BCUT2D eigenvalue weighted by atomic mass is 9.89. The van der Waals surface area contributed by atoms with Gasteiger partial charge in [0.15, 0.2) is 0 Å². The summed E-state index contributed by atoms with van der Waals surface area (Å²) in [6.07, 6.45) is 2.53. The normalized spacial score (nSPS) is 22.5. The van der Waals surface area contributed by atoms with Crippen molar-refractivity contribution in [2.24, 2.45) is 0 Å². The highest BCUT2D eigenvalue weighted by atomic mass is 35.5. The zero-order valence-electron chi connectivity index (χ0n) is 12.7. The number of carbonyl (C=O) groups is 1. The monoisotopic (exact) mass is 344 g/mol. The van der Waals surface area contributed by atoms with Gasteiger partial charge >= 0.3 is 0 Å². The van der Waals surface area contributed by atoms with E-state index in [0.29, 0.717) is 23.0 Å². The number of amides is 1. The number of hydrogen-bond donors (Lipinski definition) is 2. The van der Waals surface area contributed by atoms with Crippen molar-refractivity contribution in [3.05, 3.63) is 33.8 Å². The van der Waals surface area contributed by atoms with Gasteiger partial charge in [-0.15, -0.1) is 0 Å². The third kappa shape index (κ3) is 5.13. The van der Waals surface area contributed by atoms with Crippen LogP contribution in [0, 0.1) is 0 Å². The van der Waals surface area contributed by atoms with E-state index >= 15 is 0 Å². The van der Waals surface area contributed by atoms with Gasteiger partial charge in [0.2, 0.25) is 5.91 Å². The molecule has 1 aliphatic heterocycles. The number of likely N-dealkylation sites (tertiary alicyclic amines) is 1. The molecule has 1 amide bonds. The maximum atomic E-state index is 11.5. The zero-order chi connectivity index (χ0) is 16.2. The van der Waals surface area contributed by atoms with E-state index in [4.69, 9.17) is 23.2 Å². The van der Waals surface area contributed by atoms with Gasteiger partial charge in [0, 0.05) is 30.2 Å². The highest BCUT2D eigenvalue weighted by molar-refractivity contribution is 6.34. The number of nitrogens with one attached hydrogen (secondary N) is 1. The average molecular weight is 345 g/mol. The molecule has 22 heavy (non-hydrogen) atoms. The molecular weight excluding hydrogens is 323 g/mol. The van der Waals surface area contributed by atoms with Crippen LogP contribution in [0.2, 0.25) is 10.0 Å². The van der Waals surface area contributed by atoms with Gasteiger partial charge in [0.25, 0.3) is 0 Å². The lowest BCUT2D eigenvalue weighted by Gasteiger charge is -2.38. The summed E-state index contributed by atoms with van der Waals surface area (Å²) in [5.74, 6) is -0.119. The molecule has 1 fully saturated rings. The molecule has 0 saturated carbocycles. The molecule has 1 atom stereocenters. The second-order valence-corrected chi connectivity index (χ2v) is 6.85. The van der Waals surface area contributed by atoms with E-state index in [2.05, 4.69) is 10.2 Å². The minimum atomic E-state index is -0.926. The molecular formula is C16H22Cl2N2O2. The van der Waals surface area contributed by atoms with Crippen LogP contribution in [0.1, 0.15) is 24.8 Å². The Morgan fingerprint density at radius 3 is 2.68 bits per heavy atom. The Kier molecular flexibility index (Phi) is 6.09. The van der Waals surface area contributed by atoms with Crippen molar-refractivity contribution >= 4 is 29.1 Å². The van der Waals surface area contributed by atoms with Gasteiger partial charge in [0.1, 0.15) is 0 Å². The third-order valence-corrected chi connectivity index (χ3v) is 4.48. The van der Waals surface area contributed by atoms with Crippen LogP contribution in [0.15, 0.2) is 18.2 Å². The minimum Gasteiger partial charge on any atom is -0.388 e. The molecule has 2 rings (SSSR count). The van der Waals surface area contributed by atoms with Gasteiger partial charge in [-0.25, -0.2) is 0 Å². The third-order valence-electron chi connectivity index (χ3n) is 4.04. The van der Waals surface area contributed by atoms with Crippen LogP contribution in [0.25, 0.3) is 0 Å². The molecule has 2 N–H and O–H groups in total. The summed E-state index contributed by atoms with van der Waals surface area (Å²) in [5, 5.41) is 14.4. The van der Waals surface area contributed by atoms with Gasteiger partial charge in [-0.1, -0.05) is 23.2 Å². The fraction of sp³-hybridized carbons (Fsp3) is 0.562. The molecule has 0 radical (unpaired) electrons. The van der Waals surface area contributed by atoms with Crippen molar-refractivity contribution in [3.63, 3.8) is 0 Å². The van der Waals surface area contributed by atoms with Crippen LogP contribution in [0.3, 0.4) is 0 Å². The predicted molar refractivity (Wildman–Crippen MR) is 89.5 cm³/mol. The van der Waals surface area contributed by atoms with E-state index in [1.807, 2.05) is 12.1 Å². The van der Waals surface area contributed by atoms with Crippen LogP contribution in [0.5, 0.6) is 0 Å². The van der Waals surface area contributed by atoms with E-state index in [-0.39, 0.29) is 12.3 Å². The Hall–Kier alpha value is -0.810. The number of rotatable bonds is 5. The smallest absolute Gasteiger partial charge is 0.222 e. The largest absolute Gasteiger partial charge is 0.388 e. The minimum absolute atomic E-state index is 0.119. The first-order valence-corrected chi connectivity index (χ1v) is 8.26. The molecule has 1 aromatic carbocycles. The molecule has 0 aromatic heterocycles. The molecule has 1 aliphatic rings. The fourth-order valence-electron chi connectivity index (χ4n) is 2.97. The number of hydrogen-bond acceptors (Lipinski definition) is 3. The van der Waals surface area contributed by atoms with Crippen molar-refractivity contribution < 1.29 is 9.90 Å². The molecule has 4 nitrogen and oxygen atoms in total. The summed E-state index contributed by atoms with van der Waals surface area (Å²) < 4.78 is 0. The molecule has 1 saturated heterocycles. The van der Waals surface area contributed by atoms with Crippen LogP contribution >= 0.6 is 23.2 Å². The van der Waals surface area contributed by atoms with Gasteiger partial charge in [-0.3, -0.25) is 4.79 Å². The van der Waals surface area contributed by atoms with Crippen LogP contribution < -0.4 is 5.32 Å². The lowest BCUT2D eigenvalue weighted by molar-refractivity contribution is -0.128. The molecule has 6 heteroatoms.